The number of likely N-dealkylation sites (tertiary alicyclic amines) is 1. The number of ether oxygens (including phenoxy) is 1. The van der Waals surface area contributed by atoms with Crippen LogP contribution in [0.2, 0.25) is 0 Å². The molecule has 1 N–H and O–H groups in total. The first-order valence-electron chi connectivity index (χ1n) is 4.16. The predicted octanol–water partition coefficient (Wildman–Crippen LogP) is 0.456. The summed E-state index contributed by atoms with van der Waals surface area (Å²) >= 11 is 0. The molecule has 4 nitrogen and oxygen atoms in total. The number of carbonyl (C=O) groups is 1. The summed E-state index contributed by atoms with van der Waals surface area (Å²) < 4.78 is 4.58. The molecule has 0 aromatic rings. The van der Waals surface area contributed by atoms with Crippen LogP contribution in [-0.2, 0) is 4.74 Å². The van der Waals surface area contributed by atoms with Crippen molar-refractivity contribution in [2.45, 2.75) is 19.4 Å². The Labute approximate surface area is 72.1 Å². The average Bonchev–Trinajstić information content (AvgIpc) is 2.08. The number of aliphatic hydroxyl groups is 1. The van der Waals surface area contributed by atoms with Crippen molar-refractivity contribution in [3.63, 3.8) is 0 Å². The van der Waals surface area contributed by atoms with Gasteiger partial charge in [0.05, 0.1) is 13.2 Å². The minimum absolute atomic E-state index is 0.151. The van der Waals surface area contributed by atoms with Gasteiger partial charge in [0.25, 0.3) is 0 Å². The molecular formula is C8H15NO3. The molecule has 0 bridgehead atoms. The molecule has 4 heteroatoms. The number of nitrogens with zero attached hydrogens (tertiary/aromatic N) is 1. The molecule has 70 valence electrons. The molecule has 1 amide bonds. The van der Waals surface area contributed by atoms with Crippen LogP contribution >= 0.6 is 0 Å². The Kier molecular flexibility index (Phi) is 2.92. The van der Waals surface area contributed by atoms with Gasteiger partial charge in [0, 0.05) is 13.1 Å². The summed E-state index contributed by atoms with van der Waals surface area (Å²) in [4.78, 5) is 12.7. The van der Waals surface area contributed by atoms with Crippen LogP contribution in [0.25, 0.3) is 0 Å². The molecule has 0 aromatic heterocycles. The van der Waals surface area contributed by atoms with Crippen molar-refractivity contribution in [3.8, 4) is 0 Å². The predicted molar refractivity (Wildman–Crippen MR) is 43.8 cm³/mol. The van der Waals surface area contributed by atoms with E-state index in [4.69, 9.17) is 0 Å². The van der Waals surface area contributed by atoms with E-state index in [1.54, 1.807) is 4.90 Å². The first-order chi connectivity index (χ1) is 5.65. The quantitative estimate of drug-likeness (QED) is 0.578. The molecule has 1 heterocycles. The van der Waals surface area contributed by atoms with E-state index in [-0.39, 0.29) is 18.1 Å². The van der Waals surface area contributed by atoms with Gasteiger partial charge in [-0.3, -0.25) is 0 Å². The van der Waals surface area contributed by atoms with Crippen molar-refractivity contribution in [2.24, 2.45) is 5.92 Å². The molecule has 12 heavy (non-hydrogen) atoms. The molecule has 0 saturated carbocycles. The summed E-state index contributed by atoms with van der Waals surface area (Å²) in [5, 5.41) is 9.37. The zero-order chi connectivity index (χ0) is 9.14. The van der Waals surface area contributed by atoms with Gasteiger partial charge in [0.15, 0.2) is 0 Å². The lowest BCUT2D eigenvalue weighted by Gasteiger charge is -2.33. The highest BCUT2D eigenvalue weighted by Crippen LogP contribution is 2.16. The maximum Gasteiger partial charge on any atom is 0.409 e. The van der Waals surface area contributed by atoms with Gasteiger partial charge in [-0.05, 0) is 12.3 Å². The Bertz CT molecular complexity index is 172. The Hall–Kier alpha value is -0.770. The number of carbonyl (C=O) groups excluding carboxylic acids is 1. The molecular weight excluding hydrogens is 158 g/mol. The third kappa shape index (κ3) is 1.88. The molecule has 2 unspecified atom stereocenters. The van der Waals surface area contributed by atoms with E-state index in [0.717, 1.165) is 0 Å². The molecule has 1 fully saturated rings. The van der Waals surface area contributed by atoms with E-state index >= 15 is 0 Å². The molecule has 2 atom stereocenters. The van der Waals surface area contributed by atoms with Crippen molar-refractivity contribution in [2.75, 3.05) is 20.2 Å². The third-order valence-electron chi connectivity index (χ3n) is 2.29. The van der Waals surface area contributed by atoms with E-state index in [1.165, 1.54) is 7.11 Å². The standard InChI is InChI=1S/C8H15NO3/c1-6-5-9(8(11)12-2)4-3-7(6)10/h6-7,10H,3-5H2,1-2H3. The second kappa shape index (κ2) is 3.76. The summed E-state index contributed by atoms with van der Waals surface area (Å²) in [6.45, 7) is 3.12. The Morgan fingerprint density at radius 1 is 1.67 bits per heavy atom. The van der Waals surface area contributed by atoms with E-state index in [2.05, 4.69) is 4.74 Å². The number of hydrogen-bond donors (Lipinski definition) is 1. The molecule has 0 spiro atoms. The van der Waals surface area contributed by atoms with Crippen LogP contribution in [0.15, 0.2) is 0 Å². The molecule has 1 saturated heterocycles. The minimum Gasteiger partial charge on any atom is -0.453 e. The van der Waals surface area contributed by atoms with Gasteiger partial charge in [0.1, 0.15) is 0 Å². The first kappa shape index (κ1) is 9.32. The summed E-state index contributed by atoms with van der Waals surface area (Å²) in [6, 6.07) is 0. The highest BCUT2D eigenvalue weighted by Gasteiger charge is 2.27. The van der Waals surface area contributed by atoms with Crippen LogP contribution < -0.4 is 0 Å². The number of piperidine rings is 1. The topological polar surface area (TPSA) is 49.8 Å². The van der Waals surface area contributed by atoms with Gasteiger partial charge >= 0.3 is 6.09 Å². The third-order valence-corrected chi connectivity index (χ3v) is 2.29. The molecule has 1 aliphatic heterocycles. The smallest absolute Gasteiger partial charge is 0.409 e. The zero-order valence-corrected chi connectivity index (χ0v) is 7.49. The minimum atomic E-state index is -0.297. The van der Waals surface area contributed by atoms with Crippen molar-refractivity contribution < 1.29 is 14.6 Å². The van der Waals surface area contributed by atoms with E-state index in [0.29, 0.717) is 19.5 Å². The van der Waals surface area contributed by atoms with E-state index in [9.17, 15) is 9.90 Å². The van der Waals surface area contributed by atoms with Gasteiger partial charge in [-0.1, -0.05) is 6.92 Å². The second-order valence-electron chi connectivity index (χ2n) is 3.25. The summed E-state index contributed by atoms with van der Waals surface area (Å²) in [7, 11) is 1.37. The fraction of sp³-hybridized carbons (Fsp3) is 0.875. The maximum absolute atomic E-state index is 11.0. The van der Waals surface area contributed by atoms with Gasteiger partial charge in [-0.15, -0.1) is 0 Å². The van der Waals surface area contributed by atoms with Crippen LogP contribution in [0.3, 0.4) is 0 Å². The van der Waals surface area contributed by atoms with E-state index < -0.39 is 0 Å². The van der Waals surface area contributed by atoms with Gasteiger partial charge in [-0.25, -0.2) is 4.79 Å². The largest absolute Gasteiger partial charge is 0.453 e. The number of methoxy groups -OCH3 is 1. The molecule has 1 aliphatic rings. The Morgan fingerprint density at radius 3 is 2.83 bits per heavy atom. The second-order valence-corrected chi connectivity index (χ2v) is 3.25. The lowest BCUT2D eigenvalue weighted by atomic mass is 9.97. The van der Waals surface area contributed by atoms with Crippen LogP contribution in [-0.4, -0.2) is 42.4 Å². The Balaban J connectivity index is 2.45. The van der Waals surface area contributed by atoms with Crippen LogP contribution in [0, 0.1) is 5.92 Å². The lowest BCUT2D eigenvalue weighted by molar-refractivity contribution is 0.0322. The summed E-state index contributed by atoms with van der Waals surface area (Å²) in [5.74, 6) is 0.151. The first-order valence-corrected chi connectivity index (χ1v) is 4.16. The molecule has 1 rings (SSSR count). The van der Waals surface area contributed by atoms with E-state index in [1.807, 2.05) is 6.92 Å². The SMILES string of the molecule is COC(=O)N1CCC(O)C(C)C1. The molecule has 0 aromatic carbocycles. The summed E-state index contributed by atoms with van der Waals surface area (Å²) in [5.41, 5.74) is 0. The zero-order valence-electron chi connectivity index (χ0n) is 7.49. The van der Waals surface area contributed by atoms with Gasteiger partial charge in [-0.2, -0.15) is 0 Å². The average molecular weight is 173 g/mol. The monoisotopic (exact) mass is 173 g/mol. The Morgan fingerprint density at radius 2 is 2.33 bits per heavy atom. The summed E-state index contributed by atoms with van der Waals surface area (Å²) in [6.07, 6.45) is 0.0793. The highest BCUT2D eigenvalue weighted by atomic mass is 16.5. The van der Waals surface area contributed by atoms with Crippen molar-refractivity contribution in [1.29, 1.82) is 0 Å². The van der Waals surface area contributed by atoms with Crippen LogP contribution in [0.5, 0.6) is 0 Å². The number of aliphatic hydroxyl groups excluding tert-OH is 1. The molecule has 0 aliphatic carbocycles. The van der Waals surface area contributed by atoms with Crippen LogP contribution in [0.1, 0.15) is 13.3 Å². The lowest BCUT2D eigenvalue weighted by Crippen LogP contribution is -2.44. The number of rotatable bonds is 0. The highest BCUT2D eigenvalue weighted by molar-refractivity contribution is 5.67. The maximum atomic E-state index is 11.0. The normalized spacial score (nSPS) is 30.1. The molecule has 0 radical (unpaired) electrons. The number of hydrogen-bond acceptors (Lipinski definition) is 3. The van der Waals surface area contributed by atoms with Crippen molar-refractivity contribution in [3.05, 3.63) is 0 Å². The van der Waals surface area contributed by atoms with Crippen molar-refractivity contribution in [1.82, 2.24) is 4.90 Å². The van der Waals surface area contributed by atoms with Gasteiger partial charge < -0.3 is 14.7 Å². The fourth-order valence-electron chi connectivity index (χ4n) is 1.43. The van der Waals surface area contributed by atoms with Crippen LogP contribution in [0.4, 0.5) is 4.79 Å². The fourth-order valence-corrected chi connectivity index (χ4v) is 1.43. The van der Waals surface area contributed by atoms with Crippen molar-refractivity contribution >= 4 is 6.09 Å². The number of amides is 1. The van der Waals surface area contributed by atoms with Gasteiger partial charge in [0.2, 0.25) is 0 Å².